The van der Waals surface area contributed by atoms with Gasteiger partial charge in [0.15, 0.2) is 5.82 Å². The third-order valence-electron chi connectivity index (χ3n) is 4.56. The topological polar surface area (TPSA) is 34.0 Å². The van der Waals surface area contributed by atoms with Crippen LogP contribution in [0.15, 0.2) is 48.5 Å². The van der Waals surface area contributed by atoms with E-state index in [-0.39, 0.29) is 0 Å². The molecule has 0 fully saturated rings. The Bertz CT molecular complexity index is 876. The number of benzene rings is 2. The molecule has 0 spiro atoms. The Labute approximate surface area is 144 Å². The van der Waals surface area contributed by atoms with Crippen molar-refractivity contribution in [2.24, 2.45) is 0 Å². The normalized spacial score (nSPS) is 15.0. The van der Waals surface area contributed by atoms with E-state index < -0.39 is 11.6 Å². The molecule has 0 unspecified atom stereocenters. The maximum absolute atomic E-state index is 13.9. The molecule has 2 heterocycles. The summed E-state index contributed by atoms with van der Waals surface area (Å²) in [7, 11) is 0. The lowest BCUT2D eigenvalue weighted by molar-refractivity contribution is 0.267. The zero-order chi connectivity index (χ0) is 17.2. The number of fused-ring (bicyclic) bond motifs is 1. The van der Waals surface area contributed by atoms with Gasteiger partial charge in [0.05, 0.1) is 0 Å². The van der Waals surface area contributed by atoms with Gasteiger partial charge in [-0.25, -0.2) is 8.78 Å². The maximum atomic E-state index is 13.9. The standard InChI is InChI=1S/C19H18F2N4/c20-16-7-6-15(17(21)12-16)13-24-9-8-18-22-23-19(25(18)11-10-24)14-4-2-1-3-5-14/h1-7,12H,8-11,13H2. The average molecular weight is 340 g/mol. The SMILES string of the molecule is Fc1ccc(CN2CCc3nnc(-c4ccccc4)n3CC2)c(F)c1. The quantitative estimate of drug-likeness (QED) is 0.734. The molecule has 128 valence electrons. The van der Waals surface area contributed by atoms with Crippen molar-refractivity contribution < 1.29 is 8.78 Å². The molecule has 25 heavy (non-hydrogen) atoms. The van der Waals surface area contributed by atoms with E-state index in [1.165, 1.54) is 12.1 Å². The lowest BCUT2D eigenvalue weighted by Crippen LogP contribution is -2.27. The molecular formula is C19H18F2N4. The van der Waals surface area contributed by atoms with Crippen LogP contribution in [0.5, 0.6) is 0 Å². The minimum absolute atomic E-state index is 0.463. The highest BCUT2D eigenvalue weighted by Gasteiger charge is 2.20. The van der Waals surface area contributed by atoms with Crippen molar-refractivity contribution in [3.8, 4) is 11.4 Å². The average Bonchev–Trinajstić information content (AvgIpc) is 2.93. The van der Waals surface area contributed by atoms with Crippen molar-refractivity contribution in [2.75, 3.05) is 13.1 Å². The number of hydrogen-bond acceptors (Lipinski definition) is 3. The highest BCUT2D eigenvalue weighted by Crippen LogP contribution is 2.21. The summed E-state index contributed by atoms with van der Waals surface area (Å²) in [4.78, 5) is 2.17. The van der Waals surface area contributed by atoms with Gasteiger partial charge < -0.3 is 4.57 Å². The minimum Gasteiger partial charge on any atom is -0.310 e. The molecule has 0 aliphatic carbocycles. The highest BCUT2D eigenvalue weighted by atomic mass is 19.1. The molecule has 1 aromatic heterocycles. The van der Waals surface area contributed by atoms with E-state index in [4.69, 9.17) is 0 Å². The summed E-state index contributed by atoms with van der Waals surface area (Å²) < 4.78 is 29.1. The monoisotopic (exact) mass is 340 g/mol. The fraction of sp³-hybridized carbons (Fsp3) is 0.263. The maximum Gasteiger partial charge on any atom is 0.164 e. The van der Waals surface area contributed by atoms with Gasteiger partial charge in [0.1, 0.15) is 17.5 Å². The molecule has 0 radical (unpaired) electrons. The lowest BCUT2D eigenvalue weighted by Gasteiger charge is -2.20. The van der Waals surface area contributed by atoms with Crippen molar-refractivity contribution in [1.29, 1.82) is 0 Å². The zero-order valence-electron chi connectivity index (χ0n) is 13.7. The van der Waals surface area contributed by atoms with Crippen LogP contribution in [0.25, 0.3) is 11.4 Å². The van der Waals surface area contributed by atoms with Gasteiger partial charge in [0, 0.05) is 49.8 Å². The molecule has 0 amide bonds. The van der Waals surface area contributed by atoms with Crippen LogP contribution in [0.2, 0.25) is 0 Å². The van der Waals surface area contributed by atoms with Gasteiger partial charge >= 0.3 is 0 Å². The Balaban J connectivity index is 1.52. The van der Waals surface area contributed by atoms with Crippen LogP contribution >= 0.6 is 0 Å². The first kappa shape index (κ1) is 15.9. The molecule has 6 heteroatoms. The van der Waals surface area contributed by atoms with Gasteiger partial charge in [0.25, 0.3) is 0 Å². The molecule has 4 nitrogen and oxygen atoms in total. The van der Waals surface area contributed by atoms with Gasteiger partial charge in [-0.05, 0) is 6.07 Å². The Morgan fingerprint density at radius 1 is 0.920 bits per heavy atom. The Kier molecular flexibility index (Phi) is 4.28. The minimum atomic E-state index is -0.546. The van der Waals surface area contributed by atoms with Crippen molar-refractivity contribution >= 4 is 0 Å². The molecule has 2 aromatic carbocycles. The molecule has 0 saturated carbocycles. The smallest absolute Gasteiger partial charge is 0.164 e. The molecule has 0 N–H and O–H groups in total. The first-order valence-corrected chi connectivity index (χ1v) is 8.34. The summed E-state index contributed by atoms with van der Waals surface area (Å²) in [5.41, 5.74) is 1.56. The molecule has 1 aliphatic rings. The third-order valence-corrected chi connectivity index (χ3v) is 4.56. The Morgan fingerprint density at radius 2 is 1.76 bits per heavy atom. The number of hydrogen-bond donors (Lipinski definition) is 0. The summed E-state index contributed by atoms with van der Waals surface area (Å²) in [6.45, 7) is 2.74. The van der Waals surface area contributed by atoms with E-state index >= 15 is 0 Å². The van der Waals surface area contributed by atoms with E-state index in [0.717, 1.165) is 49.3 Å². The van der Waals surface area contributed by atoms with E-state index in [0.29, 0.717) is 12.1 Å². The first-order valence-electron chi connectivity index (χ1n) is 8.34. The van der Waals surface area contributed by atoms with Gasteiger partial charge in [-0.1, -0.05) is 36.4 Å². The van der Waals surface area contributed by atoms with Crippen LogP contribution in [0.1, 0.15) is 11.4 Å². The van der Waals surface area contributed by atoms with Crippen molar-refractivity contribution in [2.45, 2.75) is 19.5 Å². The van der Waals surface area contributed by atoms with Crippen LogP contribution in [0.4, 0.5) is 8.78 Å². The van der Waals surface area contributed by atoms with E-state index in [9.17, 15) is 8.78 Å². The van der Waals surface area contributed by atoms with E-state index in [1.54, 1.807) is 0 Å². The summed E-state index contributed by atoms with van der Waals surface area (Å²) in [6.07, 6.45) is 0.753. The fourth-order valence-corrected chi connectivity index (χ4v) is 3.22. The van der Waals surface area contributed by atoms with Crippen molar-refractivity contribution in [3.63, 3.8) is 0 Å². The number of aromatic nitrogens is 3. The third kappa shape index (κ3) is 3.30. The summed E-state index contributed by atoms with van der Waals surface area (Å²) >= 11 is 0. The largest absolute Gasteiger partial charge is 0.310 e. The van der Waals surface area contributed by atoms with Crippen LogP contribution in [-0.4, -0.2) is 32.8 Å². The second-order valence-electron chi connectivity index (χ2n) is 6.22. The summed E-state index contributed by atoms with van der Waals surface area (Å²) in [6, 6.07) is 13.7. The van der Waals surface area contributed by atoms with Crippen LogP contribution < -0.4 is 0 Å². The molecule has 0 saturated heterocycles. The Morgan fingerprint density at radius 3 is 2.56 bits per heavy atom. The zero-order valence-corrected chi connectivity index (χ0v) is 13.7. The summed E-state index contributed by atoms with van der Waals surface area (Å²) in [5, 5.41) is 8.66. The molecule has 0 atom stereocenters. The van der Waals surface area contributed by atoms with E-state index in [1.807, 2.05) is 30.3 Å². The molecule has 3 aromatic rings. The van der Waals surface area contributed by atoms with Crippen LogP contribution in [0, 0.1) is 11.6 Å². The number of nitrogens with zero attached hydrogens (tertiary/aromatic N) is 4. The van der Waals surface area contributed by atoms with E-state index in [2.05, 4.69) is 19.7 Å². The fourth-order valence-electron chi connectivity index (χ4n) is 3.22. The number of rotatable bonds is 3. The first-order chi connectivity index (χ1) is 12.2. The highest BCUT2D eigenvalue weighted by molar-refractivity contribution is 5.55. The summed E-state index contributed by atoms with van der Waals surface area (Å²) in [5.74, 6) is 0.774. The van der Waals surface area contributed by atoms with Gasteiger partial charge in [-0.2, -0.15) is 0 Å². The van der Waals surface area contributed by atoms with Crippen molar-refractivity contribution in [3.05, 3.63) is 71.6 Å². The Hall–Kier alpha value is -2.60. The predicted octanol–water partition coefficient (Wildman–Crippen LogP) is 3.28. The lowest BCUT2D eigenvalue weighted by atomic mass is 10.2. The van der Waals surface area contributed by atoms with Gasteiger partial charge in [-0.15, -0.1) is 10.2 Å². The van der Waals surface area contributed by atoms with Crippen LogP contribution in [0.3, 0.4) is 0 Å². The number of halogens is 2. The second kappa shape index (κ2) is 6.72. The molecule has 0 bridgehead atoms. The molecule has 4 rings (SSSR count). The van der Waals surface area contributed by atoms with Gasteiger partial charge in [-0.3, -0.25) is 4.90 Å². The van der Waals surface area contributed by atoms with Gasteiger partial charge in [0.2, 0.25) is 0 Å². The van der Waals surface area contributed by atoms with Crippen molar-refractivity contribution in [1.82, 2.24) is 19.7 Å². The molecule has 1 aliphatic heterocycles. The predicted molar refractivity (Wildman–Crippen MR) is 90.8 cm³/mol. The van der Waals surface area contributed by atoms with Crippen LogP contribution in [-0.2, 0) is 19.5 Å². The second-order valence-corrected chi connectivity index (χ2v) is 6.22. The molecular weight excluding hydrogens is 322 g/mol.